The Kier molecular flexibility index (Phi) is 10.3. The molecule has 0 atom stereocenters. The van der Waals surface area contributed by atoms with Crippen LogP contribution >= 0.6 is 0 Å². The first-order chi connectivity index (χ1) is 13.8. The van der Waals surface area contributed by atoms with Crippen molar-refractivity contribution in [1.29, 1.82) is 5.41 Å². The lowest BCUT2D eigenvalue weighted by Gasteiger charge is -2.08. The van der Waals surface area contributed by atoms with Gasteiger partial charge in [-0.15, -0.1) is 0 Å². The lowest BCUT2D eigenvalue weighted by Crippen LogP contribution is -2.10. The topological polar surface area (TPSA) is 143 Å². The number of ether oxygens (including phenoxy) is 2. The average Bonchev–Trinajstić information content (AvgIpc) is 2.70. The number of unbranched alkanes of at least 4 members (excludes halogenated alkanes) is 2. The third-order valence-electron chi connectivity index (χ3n) is 3.91. The molecule has 0 radical (unpaired) electrons. The molecule has 0 aliphatic heterocycles. The minimum absolute atomic E-state index is 0.0712. The fourth-order valence-corrected chi connectivity index (χ4v) is 2.43. The molecule has 0 saturated carbocycles. The van der Waals surface area contributed by atoms with Crippen LogP contribution in [0.4, 0.5) is 4.79 Å². The van der Waals surface area contributed by atoms with Crippen molar-refractivity contribution in [3.63, 3.8) is 0 Å². The van der Waals surface area contributed by atoms with Crippen molar-refractivity contribution in [2.45, 2.75) is 25.7 Å². The fraction of sp³-hybridized carbons (Fsp3) is 0.286. The molecule has 5 N–H and O–H groups in total. The van der Waals surface area contributed by atoms with E-state index in [2.05, 4.69) is 4.74 Å². The zero-order chi connectivity index (χ0) is 21.6. The lowest BCUT2D eigenvalue weighted by molar-refractivity contribution is -0.140. The van der Waals surface area contributed by atoms with Gasteiger partial charge in [0.1, 0.15) is 11.6 Å². The molecular weight excluding hydrogens is 376 g/mol. The van der Waals surface area contributed by atoms with Crippen molar-refractivity contribution in [1.82, 2.24) is 0 Å². The Bertz CT molecular complexity index is 784. The molecule has 0 heterocycles. The number of carbonyl (C=O) groups is 2. The first-order valence-electron chi connectivity index (χ1n) is 9.00. The van der Waals surface area contributed by atoms with Gasteiger partial charge in [-0.25, -0.2) is 4.79 Å². The Morgan fingerprint density at radius 3 is 1.93 bits per heavy atom. The number of hydrogen-bond acceptors (Lipinski definition) is 5. The highest BCUT2D eigenvalue weighted by molar-refractivity contribution is 5.95. The van der Waals surface area contributed by atoms with Crippen LogP contribution in [0, 0.1) is 5.41 Å². The zero-order valence-corrected chi connectivity index (χ0v) is 16.3. The van der Waals surface area contributed by atoms with Crippen LogP contribution in [-0.2, 0) is 9.53 Å². The number of hydrogen-bond donors (Lipinski definition) is 4. The van der Waals surface area contributed by atoms with E-state index in [4.69, 9.17) is 30.9 Å². The van der Waals surface area contributed by atoms with Crippen LogP contribution in [0.1, 0.15) is 31.2 Å². The molecule has 2 rings (SSSR count). The second-order valence-electron chi connectivity index (χ2n) is 6.03. The van der Waals surface area contributed by atoms with Crippen molar-refractivity contribution in [3.8, 4) is 16.9 Å². The summed E-state index contributed by atoms with van der Waals surface area (Å²) in [5.74, 6) is 0.742. The van der Waals surface area contributed by atoms with Crippen molar-refractivity contribution < 1.29 is 29.3 Å². The van der Waals surface area contributed by atoms with Crippen LogP contribution in [0.3, 0.4) is 0 Å². The van der Waals surface area contributed by atoms with Gasteiger partial charge in [-0.1, -0.05) is 36.4 Å². The molecule has 0 amide bonds. The summed E-state index contributed by atoms with van der Waals surface area (Å²) in [5, 5.41) is 21.4. The van der Waals surface area contributed by atoms with Gasteiger partial charge in [-0.3, -0.25) is 10.2 Å². The van der Waals surface area contributed by atoms with E-state index in [1.54, 1.807) is 0 Å². The molecule has 0 aliphatic rings. The maximum absolute atomic E-state index is 11.0. The number of nitrogens with one attached hydrogen (secondary N) is 1. The molecule has 2 aromatic rings. The van der Waals surface area contributed by atoms with Crippen LogP contribution in [-0.4, -0.2) is 41.9 Å². The van der Waals surface area contributed by atoms with Gasteiger partial charge >= 0.3 is 12.1 Å². The minimum Gasteiger partial charge on any atom is -0.494 e. The van der Waals surface area contributed by atoms with E-state index in [9.17, 15) is 4.79 Å². The van der Waals surface area contributed by atoms with E-state index in [0.29, 0.717) is 13.0 Å². The summed E-state index contributed by atoms with van der Waals surface area (Å²) in [5.41, 5.74) is 8.34. The lowest BCUT2D eigenvalue weighted by atomic mass is 10.0. The van der Waals surface area contributed by atoms with Crippen molar-refractivity contribution in [3.05, 3.63) is 54.1 Å². The second-order valence-corrected chi connectivity index (χ2v) is 6.03. The largest absolute Gasteiger partial charge is 0.503 e. The Labute approximate surface area is 169 Å². The number of rotatable bonds is 9. The maximum atomic E-state index is 11.0. The van der Waals surface area contributed by atoms with Crippen molar-refractivity contribution in [2.75, 3.05) is 13.7 Å². The molecule has 0 aromatic heterocycles. The summed E-state index contributed by atoms with van der Waals surface area (Å²) in [6.07, 6.45) is 1.31. The number of carbonyl (C=O) groups excluding carboxylic acids is 1. The number of methoxy groups -OCH3 is 1. The van der Waals surface area contributed by atoms with Crippen molar-refractivity contribution >= 4 is 18.0 Å². The highest BCUT2D eigenvalue weighted by Gasteiger charge is 2.02. The molecule has 29 heavy (non-hydrogen) atoms. The first-order valence-corrected chi connectivity index (χ1v) is 9.00. The molecule has 8 nitrogen and oxygen atoms in total. The fourth-order valence-electron chi connectivity index (χ4n) is 2.43. The van der Waals surface area contributed by atoms with E-state index in [1.165, 1.54) is 7.11 Å². The quantitative estimate of drug-likeness (QED) is 0.215. The molecule has 156 valence electrons. The summed E-state index contributed by atoms with van der Waals surface area (Å²) in [6.45, 7) is 0.633. The maximum Gasteiger partial charge on any atom is 0.503 e. The Hall–Kier alpha value is -3.55. The molecule has 0 unspecified atom stereocenters. The third-order valence-corrected chi connectivity index (χ3v) is 3.91. The smallest absolute Gasteiger partial charge is 0.494 e. The van der Waals surface area contributed by atoms with Crippen LogP contribution in [0.25, 0.3) is 11.1 Å². The molecule has 0 fully saturated rings. The summed E-state index contributed by atoms with van der Waals surface area (Å²) in [4.78, 5) is 19.6. The summed E-state index contributed by atoms with van der Waals surface area (Å²) >= 11 is 0. The molecule has 0 aliphatic carbocycles. The first kappa shape index (κ1) is 23.5. The van der Waals surface area contributed by atoms with Crippen LogP contribution < -0.4 is 10.5 Å². The summed E-state index contributed by atoms with van der Waals surface area (Å²) in [6, 6.07) is 15.5. The van der Waals surface area contributed by atoms with Crippen LogP contribution in [0.15, 0.2) is 48.5 Å². The van der Waals surface area contributed by atoms with Gasteiger partial charge in [0.05, 0.1) is 13.7 Å². The zero-order valence-electron chi connectivity index (χ0n) is 16.3. The standard InChI is InChI=1S/C20H24N2O3.CH2O3/c1-24-19(23)5-3-2-4-14-25-18-12-10-16(11-13-18)15-6-8-17(9-7-15)20(21)22;2-1(3)4/h6-13H,2-5,14H2,1H3,(H3,21,22);(H2,2,3,4). The second kappa shape index (κ2) is 12.8. The number of nitrogen functional groups attached to an aromatic ring is 1. The molecule has 0 bridgehead atoms. The van der Waals surface area contributed by atoms with Gasteiger partial charge in [-0.05, 0) is 42.5 Å². The van der Waals surface area contributed by atoms with Gasteiger partial charge in [-0.2, -0.15) is 0 Å². The van der Waals surface area contributed by atoms with E-state index in [0.717, 1.165) is 41.7 Å². The number of nitrogens with two attached hydrogens (primary N) is 1. The molecule has 0 spiro atoms. The van der Waals surface area contributed by atoms with Crippen LogP contribution in [0.2, 0.25) is 0 Å². The van der Waals surface area contributed by atoms with Gasteiger partial charge in [0.15, 0.2) is 0 Å². The normalized spacial score (nSPS) is 9.69. The number of esters is 1. The Morgan fingerprint density at radius 2 is 1.45 bits per heavy atom. The van der Waals surface area contributed by atoms with Gasteiger partial charge < -0.3 is 25.4 Å². The predicted octanol–water partition coefficient (Wildman–Crippen LogP) is 3.97. The average molecular weight is 402 g/mol. The monoisotopic (exact) mass is 402 g/mol. The highest BCUT2D eigenvalue weighted by atomic mass is 16.6. The predicted molar refractivity (Wildman–Crippen MR) is 110 cm³/mol. The van der Waals surface area contributed by atoms with E-state index < -0.39 is 6.16 Å². The molecular formula is C21H26N2O6. The SMILES string of the molecule is COC(=O)CCCCCOc1ccc(-c2ccc(C(=N)N)cc2)cc1.O=C(O)O. The number of amidine groups is 1. The third kappa shape index (κ3) is 9.81. The summed E-state index contributed by atoms with van der Waals surface area (Å²) < 4.78 is 10.3. The number of carboxylic acid groups (broad SMARTS) is 2. The van der Waals surface area contributed by atoms with E-state index in [-0.39, 0.29) is 11.8 Å². The van der Waals surface area contributed by atoms with Crippen LogP contribution in [0.5, 0.6) is 5.75 Å². The van der Waals surface area contributed by atoms with Crippen molar-refractivity contribution in [2.24, 2.45) is 5.73 Å². The highest BCUT2D eigenvalue weighted by Crippen LogP contribution is 2.23. The molecule has 0 saturated heterocycles. The van der Waals surface area contributed by atoms with E-state index >= 15 is 0 Å². The van der Waals surface area contributed by atoms with Gasteiger partial charge in [0.25, 0.3) is 0 Å². The summed E-state index contributed by atoms with van der Waals surface area (Å²) in [7, 11) is 1.41. The van der Waals surface area contributed by atoms with Gasteiger partial charge in [0.2, 0.25) is 0 Å². The Morgan fingerprint density at radius 1 is 0.931 bits per heavy atom. The molecule has 2 aromatic carbocycles. The minimum atomic E-state index is -1.83. The van der Waals surface area contributed by atoms with E-state index in [1.807, 2.05) is 48.5 Å². The van der Waals surface area contributed by atoms with Gasteiger partial charge in [0, 0.05) is 12.0 Å². The Balaban J connectivity index is 0.000000960. The number of benzene rings is 2. The molecule has 8 heteroatoms.